The minimum Gasteiger partial charge on any atom is -0.441 e. The third-order valence-corrected chi connectivity index (χ3v) is 6.00. The number of nitrogens with one attached hydrogen (secondary N) is 2. The summed E-state index contributed by atoms with van der Waals surface area (Å²) in [5.41, 5.74) is 3.20. The van der Waals surface area contributed by atoms with Crippen molar-refractivity contribution in [3.63, 3.8) is 0 Å². The van der Waals surface area contributed by atoms with Crippen LogP contribution in [0.25, 0.3) is 11.5 Å². The number of pyridine rings is 1. The highest BCUT2D eigenvalue weighted by atomic mass is 16.4. The molecule has 1 aliphatic carbocycles. The quantitative estimate of drug-likeness (QED) is 0.472. The Bertz CT molecular complexity index is 1110. The van der Waals surface area contributed by atoms with Crippen molar-refractivity contribution < 1.29 is 14.0 Å². The molecule has 7 heteroatoms. The number of oxazole rings is 1. The van der Waals surface area contributed by atoms with Gasteiger partial charge in [0.1, 0.15) is 11.5 Å². The summed E-state index contributed by atoms with van der Waals surface area (Å²) in [7, 11) is 0. The Morgan fingerprint density at radius 1 is 1.21 bits per heavy atom. The van der Waals surface area contributed by atoms with Gasteiger partial charge in [-0.15, -0.1) is 0 Å². The number of hydrogen-bond donors (Lipinski definition) is 2. The van der Waals surface area contributed by atoms with Crippen LogP contribution in [0, 0.1) is 18.8 Å². The average Bonchev–Trinajstić information content (AvgIpc) is 3.50. The van der Waals surface area contributed by atoms with Crippen molar-refractivity contribution in [2.24, 2.45) is 11.8 Å². The van der Waals surface area contributed by atoms with Crippen LogP contribution in [0.4, 0.5) is 5.69 Å². The molecule has 2 aromatic heterocycles. The molecule has 2 heterocycles. The summed E-state index contributed by atoms with van der Waals surface area (Å²) in [6.45, 7) is 4.35. The van der Waals surface area contributed by atoms with Gasteiger partial charge in [-0.25, -0.2) is 4.98 Å². The van der Waals surface area contributed by atoms with Gasteiger partial charge in [0, 0.05) is 36.0 Å². The summed E-state index contributed by atoms with van der Waals surface area (Å²) in [6.07, 6.45) is 7.71. The molecular weight excluding hydrogens is 416 g/mol. The zero-order valence-corrected chi connectivity index (χ0v) is 19.1. The lowest BCUT2D eigenvalue weighted by molar-refractivity contribution is -0.122. The number of carbonyl (C=O) groups excluding carboxylic acids is 2. The standard InChI is InChI=1S/C26H30N4O3/c1-3-6-19-14-22(19)25(32)28-16-23-17(2)33-26(30-23)20-8-4-9-21(13-20)29-24(31)11-10-18-7-5-12-27-15-18/h4-5,7-9,12-13,15,19,22H,3,6,10-11,14,16H2,1-2H3,(H,28,32)(H,29,31)/t19-,22+/m0/s1. The van der Waals surface area contributed by atoms with Gasteiger partial charge < -0.3 is 15.1 Å². The summed E-state index contributed by atoms with van der Waals surface area (Å²) in [5, 5.41) is 5.93. The van der Waals surface area contributed by atoms with Gasteiger partial charge in [0.15, 0.2) is 0 Å². The van der Waals surface area contributed by atoms with Gasteiger partial charge in [-0.3, -0.25) is 14.6 Å². The van der Waals surface area contributed by atoms with Crippen molar-refractivity contribution in [3.8, 4) is 11.5 Å². The van der Waals surface area contributed by atoms with Crippen molar-refractivity contribution in [3.05, 3.63) is 65.8 Å². The lowest BCUT2D eigenvalue weighted by Gasteiger charge is -2.06. The second-order valence-electron chi connectivity index (χ2n) is 8.62. The van der Waals surface area contributed by atoms with Crippen LogP contribution in [-0.4, -0.2) is 21.8 Å². The fraction of sp³-hybridized carbons (Fsp3) is 0.385. The Balaban J connectivity index is 1.33. The number of rotatable bonds is 10. The molecule has 1 fully saturated rings. The Labute approximate surface area is 194 Å². The van der Waals surface area contributed by atoms with Crippen LogP contribution in [0.5, 0.6) is 0 Å². The molecule has 0 saturated heterocycles. The molecule has 33 heavy (non-hydrogen) atoms. The van der Waals surface area contributed by atoms with Crippen molar-refractivity contribution in [1.82, 2.24) is 15.3 Å². The highest BCUT2D eigenvalue weighted by Gasteiger charge is 2.41. The molecular formula is C26H30N4O3. The predicted molar refractivity (Wildman–Crippen MR) is 126 cm³/mol. The predicted octanol–water partition coefficient (Wildman–Crippen LogP) is 4.67. The SMILES string of the molecule is CCC[C@H]1C[C@H]1C(=O)NCc1nc(-c2cccc(NC(=O)CCc3cccnc3)c2)oc1C. The number of aryl methyl sites for hydroxylation is 2. The van der Waals surface area contributed by atoms with Crippen LogP contribution in [-0.2, 0) is 22.6 Å². The van der Waals surface area contributed by atoms with E-state index in [-0.39, 0.29) is 17.7 Å². The van der Waals surface area contributed by atoms with E-state index in [1.54, 1.807) is 12.4 Å². The lowest BCUT2D eigenvalue weighted by atomic mass is 10.1. The molecule has 0 bridgehead atoms. The number of anilines is 1. The molecule has 0 radical (unpaired) electrons. The van der Waals surface area contributed by atoms with E-state index in [1.165, 1.54) is 0 Å². The summed E-state index contributed by atoms with van der Waals surface area (Å²) in [5.74, 6) is 1.87. The number of amides is 2. The number of hydrogen-bond acceptors (Lipinski definition) is 5. The van der Waals surface area contributed by atoms with Gasteiger partial charge in [-0.1, -0.05) is 25.5 Å². The van der Waals surface area contributed by atoms with Crippen LogP contribution in [0.2, 0.25) is 0 Å². The number of aromatic nitrogens is 2. The zero-order valence-electron chi connectivity index (χ0n) is 19.1. The van der Waals surface area contributed by atoms with Crippen molar-refractivity contribution in [1.29, 1.82) is 0 Å². The van der Waals surface area contributed by atoms with Crippen LogP contribution in [0.1, 0.15) is 49.6 Å². The molecule has 0 spiro atoms. The highest BCUT2D eigenvalue weighted by molar-refractivity contribution is 5.91. The lowest BCUT2D eigenvalue weighted by Crippen LogP contribution is -2.25. The Hall–Kier alpha value is -3.48. The van der Waals surface area contributed by atoms with E-state index in [0.717, 1.165) is 36.1 Å². The minimum atomic E-state index is -0.0653. The van der Waals surface area contributed by atoms with Crippen molar-refractivity contribution >= 4 is 17.5 Å². The van der Waals surface area contributed by atoms with E-state index in [4.69, 9.17) is 4.42 Å². The first-order chi connectivity index (χ1) is 16.0. The summed E-state index contributed by atoms with van der Waals surface area (Å²) in [6, 6.07) is 11.2. The van der Waals surface area contributed by atoms with Gasteiger partial charge in [0.2, 0.25) is 17.7 Å². The number of nitrogens with zero attached hydrogens (tertiary/aromatic N) is 2. The maximum absolute atomic E-state index is 12.4. The van der Waals surface area contributed by atoms with Gasteiger partial charge in [0.05, 0.1) is 6.54 Å². The Morgan fingerprint density at radius 2 is 2.09 bits per heavy atom. The first-order valence-electron chi connectivity index (χ1n) is 11.6. The van der Waals surface area contributed by atoms with Crippen molar-refractivity contribution in [2.75, 3.05) is 5.32 Å². The van der Waals surface area contributed by atoms with Gasteiger partial charge >= 0.3 is 0 Å². The second-order valence-corrected chi connectivity index (χ2v) is 8.62. The number of benzene rings is 1. The molecule has 4 rings (SSSR count). The summed E-state index contributed by atoms with van der Waals surface area (Å²) in [4.78, 5) is 33.3. The molecule has 7 nitrogen and oxygen atoms in total. The minimum absolute atomic E-state index is 0.0653. The summed E-state index contributed by atoms with van der Waals surface area (Å²) < 4.78 is 5.85. The topological polar surface area (TPSA) is 97.1 Å². The number of carbonyl (C=O) groups is 2. The van der Waals surface area contributed by atoms with Crippen molar-refractivity contribution in [2.45, 2.75) is 52.5 Å². The molecule has 0 unspecified atom stereocenters. The first kappa shape index (κ1) is 22.7. The van der Waals surface area contributed by atoms with Gasteiger partial charge in [-0.05, 0) is 61.9 Å². The van der Waals surface area contributed by atoms with E-state index in [2.05, 4.69) is 27.5 Å². The molecule has 172 valence electrons. The van der Waals surface area contributed by atoms with Crippen LogP contribution < -0.4 is 10.6 Å². The third-order valence-electron chi connectivity index (χ3n) is 6.00. The maximum Gasteiger partial charge on any atom is 0.226 e. The summed E-state index contributed by atoms with van der Waals surface area (Å²) >= 11 is 0. The average molecular weight is 447 g/mol. The molecule has 3 aromatic rings. The van der Waals surface area contributed by atoms with Gasteiger partial charge in [-0.2, -0.15) is 0 Å². The Morgan fingerprint density at radius 3 is 2.88 bits per heavy atom. The molecule has 2 amide bonds. The van der Waals surface area contributed by atoms with E-state index in [9.17, 15) is 9.59 Å². The third kappa shape index (κ3) is 6.06. The largest absolute Gasteiger partial charge is 0.441 e. The van der Waals surface area contributed by atoms with E-state index < -0.39 is 0 Å². The van der Waals surface area contributed by atoms with Crippen LogP contribution >= 0.6 is 0 Å². The second kappa shape index (κ2) is 10.4. The van der Waals surface area contributed by atoms with E-state index >= 15 is 0 Å². The van der Waals surface area contributed by atoms with Gasteiger partial charge in [0.25, 0.3) is 0 Å². The smallest absolute Gasteiger partial charge is 0.226 e. The van der Waals surface area contributed by atoms with E-state index in [0.29, 0.717) is 42.6 Å². The fourth-order valence-corrected chi connectivity index (χ4v) is 4.03. The monoisotopic (exact) mass is 446 g/mol. The maximum atomic E-state index is 12.4. The molecule has 2 N–H and O–H groups in total. The van der Waals surface area contributed by atoms with Crippen LogP contribution in [0.15, 0.2) is 53.2 Å². The normalized spacial score (nSPS) is 16.9. The van der Waals surface area contributed by atoms with E-state index in [1.807, 2.05) is 43.3 Å². The molecule has 1 aliphatic rings. The van der Waals surface area contributed by atoms with Crippen LogP contribution in [0.3, 0.4) is 0 Å². The first-order valence-corrected chi connectivity index (χ1v) is 11.6. The molecule has 1 aromatic carbocycles. The fourth-order valence-electron chi connectivity index (χ4n) is 4.03. The molecule has 1 saturated carbocycles. The highest BCUT2D eigenvalue weighted by Crippen LogP contribution is 2.42. The molecule has 0 aliphatic heterocycles. The molecule has 2 atom stereocenters. The zero-order chi connectivity index (χ0) is 23.2. The Kier molecular flexibility index (Phi) is 7.17.